The van der Waals surface area contributed by atoms with Gasteiger partial charge < -0.3 is 14.6 Å². The molecule has 3 aromatic rings. The zero-order chi connectivity index (χ0) is 20.8. The first-order valence-electron chi connectivity index (χ1n) is 8.95. The number of hydrogen-bond acceptors (Lipinski definition) is 5. The summed E-state index contributed by atoms with van der Waals surface area (Å²) in [5.74, 6) is 1.49. The second kappa shape index (κ2) is 10.0. The number of halogens is 2. The number of benzene rings is 2. The molecule has 0 radical (unpaired) electrons. The second-order valence-electron chi connectivity index (χ2n) is 6.24. The lowest BCUT2D eigenvalue weighted by molar-refractivity contribution is -0.113. The number of anilines is 1. The normalized spacial score (nSPS) is 10.8. The van der Waals surface area contributed by atoms with Crippen LogP contribution in [0.1, 0.15) is 18.3 Å². The predicted molar refractivity (Wildman–Crippen MR) is 117 cm³/mol. The van der Waals surface area contributed by atoms with Crippen molar-refractivity contribution in [1.82, 2.24) is 14.8 Å². The molecule has 0 saturated heterocycles. The molecular weight excluding hydrogens is 431 g/mol. The summed E-state index contributed by atoms with van der Waals surface area (Å²) in [7, 11) is 0. The predicted octanol–water partition coefficient (Wildman–Crippen LogP) is 5.22. The van der Waals surface area contributed by atoms with Crippen LogP contribution in [0.2, 0.25) is 10.0 Å². The van der Waals surface area contributed by atoms with Gasteiger partial charge in [0.05, 0.1) is 5.75 Å². The second-order valence-corrected chi connectivity index (χ2v) is 8.06. The lowest BCUT2D eigenvalue weighted by Gasteiger charge is -2.09. The highest BCUT2D eigenvalue weighted by atomic mass is 35.5. The zero-order valence-corrected chi connectivity index (χ0v) is 18.3. The summed E-state index contributed by atoms with van der Waals surface area (Å²) in [5.41, 5.74) is 1.68. The Kier molecular flexibility index (Phi) is 7.41. The molecule has 0 fully saturated rings. The fourth-order valence-electron chi connectivity index (χ4n) is 2.66. The molecule has 3 rings (SSSR count). The number of hydrogen-bond donors (Lipinski definition) is 1. The fraction of sp³-hybridized carbons (Fsp3) is 0.250. The van der Waals surface area contributed by atoms with E-state index in [0.29, 0.717) is 39.9 Å². The van der Waals surface area contributed by atoms with Gasteiger partial charge in [0.25, 0.3) is 0 Å². The largest absolute Gasteiger partial charge is 0.486 e. The Morgan fingerprint density at radius 3 is 2.62 bits per heavy atom. The Labute approximate surface area is 183 Å². The molecule has 0 aliphatic carbocycles. The van der Waals surface area contributed by atoms with Crippen molar-refractivity contribution in [2.45, 2.75) is 32.2 Å². The topological polar surface area (TPSA) is 69.0 Å². The standard InChI is InChI=1S/C20H20Cl2N4O2S/c1-3-26-18(11-28-17-6-4-5-13(2)7-17)24-25-20(26)29-12-19(27)23-16-9-14(21)8-15(22)10-16/h4-10H,3,11-12H2,1-2H3,(H,23,27). The number of carbonyl (C=O) groups excluding carboxylic acids is 1. The molecule has 1 aromatic heterocycles. The summed E-state index contributed by atoms with van der Waals surface area (Å²) in [6, 6.07) is 12.7. The third kappa shape index (κ3) is 6.13. The average molecular weight is 451 g/mol. The molecule has 0 unspecified atom stereocenters. The van der Waals surface area contributed by atoms with Crippen LogP contribution in [0.4, 0.5) is 5.69 Å². The van der Waals surface area contributed by atoms with E-state index in [9.17, 15) is 4.79 Å². The molecule has 0 saturated carbocycles. The van der Waals surface area contributed by atoms with Crippen LogP contribution >= 0.6 is 35.0 Å². The molecule has 0 aliphatic rings. The zero-order valence-electron chi connectivity index (χ0n) is 16.0. The number of aryl methyl sites for hydroxylation is 1. The molecule has 1 N–H and O–H groups in total. The van der Waals surface area contributed by atoms with Crippen molar-refractivity contribution in [2.24, 2.45) is 0 Å². The smallest absolute Gasteiger partial charge is 0.234 e. The maximum Gasteiger partial charge on any atom is 0.234 e. The molecule has 0 atom stereocenters. The van der Waals surface area contributed by atoms with Crippen molar-refractivity contribution in [3.63, 3.8) is 0 Å². The number of ether oxygens (including phenoxy) is 1. The summed E-state index contributed by atoms with van der Waals surface area (Å²) in [4.78, 5) is 12.3. The van der Waals surface area contributed by atoms with E-state index in [0.717, 1.165) is 11.3 Å². The van der Waals surface area contributed by atoms with Crippen molar-refractivity contribution < 1.29 is 9.53 Å². The van der Waals surface area contributed by atoms with E-state index in [1.54, 1.807) is 18.2 Å². The van der Waals surface area contributed by atoms with Crippen molar-refractivity contribution in [1.29, 1.82) is 0 Å². The maximum atomic E-state index is 12.3. The van der Waals surface area contributed by atoms with Crippen molar-refractivity contribution in [2.75, 3.05) is 11.1 Å². The average Bonchev–Trinajstić information content (AvgIpc) is 3.06. The van der Waals surface area contributed by atoms with Crippen LogP contribution in [-0.4, -0.2) is 26.4 Å². The van der Waals surface area contributed by atoms with Crippen molar-refractivity contribution >= 4 is 46.6 Å². The summed E-state index contributed by atoms with van der Waals surface area (Å²) >= 11 is 13.2. The summed E-state index contributed by atoms with van der Waals surface area (Å²) in [6.07, 6.45) is 0. The molecular formula is C20H20Cl2N4O2S. The Balaban J connectivity index is 1.58. The monoisotopic (exact) mass is 450 g/mol. The number of aromatic nitrogens is 3. The van der Waals surface area contributed by atoms with Gasteiger partial charge in [0.2, 0.25) is 5.91 Å². The van der Waals surface area contributed by atoms with E-state index in [4.69, 9.17) is 27.9 Å². The van der Waals surface area contributed by atoms with E-state index in [2.05, 4.69) is 15.5 Å². The number of nitrogens with zero attached hydrogens (tertiary/aromatic N) is 3. The van der Waals surface area contributed by atoms with Gasteiger partial charge in [-0.25, -0.2) is 0 Å². The summed E-state index contributed by atoms with van der Waals surface area (Å²) in [5, 5.41) is 12.8. The molecule has 1 amide bonds. The number of amides is 1. The Bertz CT molecular complexity index is 990. The van der Waals surface area contributed by atoms with Crippen LogP contribution in [-0.2, 0) is 17.9 Å². The summed E-state index contributed by atoms with van der Waals surface area (Å²) < 4.78 is 7.75. The minimum atomic E-state index is -0.184. The quantitative estimate of drug-likeness (QED) is 0.476. The van der Waals surface area contributed by atoms with Gasteiger partial charge in [0, 0.05) is 22.3 Å². The highest BCUT2D eigenvalue weighted by Gasteiger charge is 2.14. The first-order chi connectivity index (χ1) is 13.9. The Hall–Kier alpha value is -2.22. The lowest BCUT2D eigenvalue weighted by Crippen LogP contribution is -2.15. The molecule has 0 aliphatic heterocycles. The third-order valence-corrected chi connectivity index (χ3v) is 5.35. The maximum absolute atomic E-state index is 12.3. The van der Waals surface area contributed by atoms with Gasteiger partial charge in [-0.1, -0.05) is 47.1 Å². The van der Waals surface area contributed by atoms with Gasteiger partial charge in [-0.2, -0.15) is 0 Å². The van der Waals surface area contributed by atoms with E-state index >= 15 is 0 Å². The van der Waals surface area contributed by atoms with Crippen LogP contribution in [0, 0.1) is 6.92 Å². The van der Waals surface area contributed by atoms with Gasteiger partial charge in [-0.05, 0) is 49.7 Å². The van der Waals surface area contributed by atoms with E-state index in [1.807, 2.05) is 42.7 Å². The van der Waals surface area contributed by atoms with Crippen LogP contribution in [0.3, 0.4) is 0 Å². The summed E-state index contributed by atoms with van der Waals surface area (Å²) in [6.45, 7) is 4.99. The minimum Gasteiger partial charge on any atom is -0.486 e. The molecule has 9 heteroatoms. The molecule has 6 nitrogen and oxygen atoms in total. The number of nitrogens with one attached hydrogen (secondary N) is 1. The van der Waals surface area contributed by atoms with Gasteiger partial charge in [-0.3, -0.25) is 4.79 Å². The van der Waals surface area contributed by atoms with Crippen molar-refractivity contribution in [3.05, 3.63) is 63.9 Å². The number of rotatable bonds is 8. The number of carbonyl (C=O) groups is 1. The van der Waals surface area contributed by atoms with Crippen LogP contribution in [0.25, 0.3) is 0 Å². The fourth-order valence-corrected chi connectivity index (χ4v) is 4.00. The van der Waals surface area contributed by atoms with Gasteiger partial charge in [0.1, 0.15) is 12.4 Å². The van der Waals surface area contributed by atoms with Crippen molar-refractivity contribution in [3.8, 4) is 5.75 Å². The van der Waals surface area contributed by atoms with Gasteiger partial charge >= 0.3 is 0 Å². The molecule has 0 bridgehead atoms. The SMILES string of the molecule is CCn1c(COc2cccc(C)c2)nnc1SCC(=O)Nc1cc(Cl)cc(Cl)c1. The highest BCUT2D eigenvalue weighted by Crippen LogP contribution is 2.23. The van der Waals surface area contributed by atoms with Gasteiger partial charge in [0.15, 0.2) is 11.0 Å². The Morgan fingerprint density at radius 2 is 1.93 bits per heavy atom. The third-order valence-electron chi connectivity index (χ3n) is 3.95. The van der Waals surface area contributed by atoms with Crippen LogP contribution < -0.4 is 10.1 Å². The Morgan fingerprint density at radius 1 is 1.17 bits per heavy atom. The highest BCUT2D eigenvalue weighted by molar-refractivity contribution is 7.99. The first kappa shape index (κ1) is 21.5. The van der Waals surface area contributed by atoms with Crippen LogP contribution in [0.5, 0.6) is 5.75 Å². The minimum absolute atomic E-state index is 0.182. The van der Waals surface area contributed by atoms with Crippen LogP contribution in [0.15, 0.2) is 47.6 Å². The molecule has 1 heterocycles. The molecule has 0 spiro atoms. The number of thioether (sulfide) groups is 1. The van der Waals surface area contributed by atoms with E-state index < -0.39 is 0 Å². The lowest BCUT2D eigenvalue weighted by atomic mass is 10.2. The molecule has 152 valence electrons. The van der Waals surface area contributed by atoms with Gasteiger partial charge in [-0.15, -0.1) is 10.2 Å². The first-order valence-corrected chi connectivity index (χ1v) is 10.7. The van der Waals surface area contributed by atoms with E-state index in [-0.39, 0.29) is 11.7 Å². The molecule has 2 aromatic carbocycles. The van der Waals surface area contributed by atoms with E-state index in [1.165, 1.54) is 11.8 Å². The molecule has 29 heavy (non-hydrogen) atoms.